The summed E-state index contributed by atoms with van der Waals surface area (Å²) >= 11 is 0. The van der Waals surface area contributed by atoms with Crippen molar-refractivity contribution in [3.8, 4) is 0 Å². The fourth-order valence-corrected chi connectivity index (χ4v) is 2.82. The van der Waals surface area contributed by atoms with Gasteiger partial charge in [-0.05, 0) is 43.9 Å². The van der Waals surface area contributed by atoms with E-state index in [9.17, 15) is 0 Å². The van der Waals surface area contributed by atoms with Gasteiger partial charge in [0.05, 0.1) is 16.7 Å². The molecule has 1 unspecified atom stereocenters. The molecular formula is C16H22N4. The quantitative estimate of drug-likeness (QED) is 0.900. The summed E-state index contributed by atoms with van der Waals surface area (Å²) in [6.07, 6.45) is 2.51. The van der Waals surface area contributed by atoms with Crippen molar-refractivity contribution in [2.75, 3.05) is 25.0 Å². The van der Waals surface area contributed by atoms with Crippen LogP contribution in [0.1, 0.15) is 25.5 Å². The summed E-state index contributed by atoms with van der Waals surface area (Å²) in [5.41, 5.74) is 3.18. The lowest BCUT2D eigenvalue weighted by molar-refractivity contribution is 0.253. The zero-order valence-electron chi connectivity index (χ0n) is 12.2. The second-order valence-corrected chi connectivity index (χ2v) is 6.09. The lowest BCUT2D eigenvalue weighted by atomic mass is 9.83. The summed E-state index contributed by atoms with van der Waals surface area (Å²) in [6.45, 7) is 7.50. The van der Waals surface area contributed by atoms with Gasteiger partial charge in [0, 0.05) is 13.1 Å². The van der Waals surface area contributed by atoms with Crippen LogP contribution in [0, 0.1) is 12.3 Å². The molecule has 0 aliphatic carbocycles. The number of aromatic nitrogens is 2. The van der Waals surface area contributed by atoms with E-state index in [1.165, 1.54) is 12.8 Å². The van der Waals surface area contributed by atoms with Crippen molar-refractivity contribution in [2.45, 2.75) is 26.7 Å². The Labute approximate surface area is 120 Å². The maximum absolute atomic E-state index is 4.70. The Kier molecular flexibility index (Phi) is 3.57. The monoisotopic (exact) mass is 270 g/mol. The zero-order chi connectivity index (χ0) is 14.0. The van der Waals surface area contributed by atoms with Gasteiger partial charge in [0.15, 0.2) is 0 Å². The van der Waals surface area contributed by atoms with Gasteiger partial charge in [0.25, 0.3) is 0 Å². The van der Waals surface area contributed by atoms with Gasteiger partial charge in [-0.1, -0.05) is 19.1 Å². The Balaban J connectivity index is 1.78. The molecule has 0 radical (unpaired) electrons. The summed E-state index contributed by atoms with van der Waals surface area (Å²) in [5, 5.41) is 6.98. The Morgan fingerprint density at radius 3 is 2.70 bits per heavy atom. The highest BCUT2D eigenvalue weighted by atomic mass is 15.0. The molecule has 3 rings (SSSR count). The first-order valence-electron chi connectivity index (χ1n) is 7.34. The van der Waals surface area contributed by atoms with Gasteiger partial charge in [0.2, 0.25) is 0 Å². The highest BCUT2D eigenvalue weighted by Gasteiger charge is 2.26. The molecule has 0 bridgehead atoms. The van der Waals surface area contributed by atoms with Crippen LogP contribution in [0.3, 0.4) is 0 Å². The van der Waals surface area contributed by atoms with Gasteiger partial charge in [-0.25, -0.2) is 9.97 Å². The van der Waals surface area contributed by atoms with Crippen molar-refractivity contribution in [1.82, 2.24) is 15.3 Å². The van der Waals surface area contributed by atoms with Gasteiger partial charge in [-0.3, -0.25) is 0 Å². The van der Waals surface area contributed by atoms with E-state index in [-0.39, 0.29) is 0 Å². The molecule has 0 saturated carbocycles. The van der Waals surface area contributed by atoms with Crippen LogP contribution in [0.15, 0.2) is 24.3 Å². The van der Waals surface area contributed by atoms with Crippen LogP contribution in [0.4, 0.5) is 5.82 Å². The van der Waals surface area contributed by atoms with Gasteiger partial charge in [-0.2, -0.15) is 0 Å². The van der Waals surface area contributed by atoms with Crippen LogP contribution in [-0.4, -0.2) is 29.6 Å². The standard InChI is InChI=1S/C16H22N4/c1-12-15(18-11-16(2)8-5-9-17-10-16)20-14-7-4-3-6-13(14)19-12/h3-4,6-7,17H,5,8-11H2,1-2H3,(H,18,20). The highest BCUT2D eigenvalue weighted by molar-refractivity contribution is 5.76. The topological polar surface area (TPSA) is 49.8 Å². The molecule has 20 heavy (non-hydrogen) atoms. The van der Waals surface area contributed by atoms with Crippen LogP contribution >= 0.6 is 0 Å². The van der Waals surface area contributed by atoms with E-state index in [2.05, 4.69) is 22.5 Å². The second kappa shape index (κ2) is 5.37. The van der Waals surface area contributed by atoms with Crippen molar-refractivity contribution < 1.29 is 0 Å². The molecule has 2 heterocycles. The van der Waals surface area contributed by atoms with Crippen LogP contribution in [-0.2, 0) is 0 Å². The number of nitrogens with zero attached hydrogens (tertiary/aromatic N) is 2. The molecule has 1 fully saturated rings. The number of piperidine rings is 1. The Morgan fingerprint density at radius 1 is 1.25 bits per heavy atom. The molecule has 0 spiro atoms. The average molecular weight is 270 g/mol. The third kappa shape index (κ3) is 2.75. The van der Waals surface area contributed by atoms with E-state index < -0.39 is 0 Å². The number of fused-ring (bicyclic) bond motifs is 1. The molecule has 2 N–H and O–H groups in total. The SMILES string of the molecule is Cc1nc2ccccc2nc1NCC1(C)CCCNC1. The third-order valence-corrected chi connectivity index (χ3v) is 4.11. The summed E-state index contributed by atoms with van der Waals surface area (Å²) in [5.74, 6) is 0.912. The lowest BCUT2D eigenvalue weighted by Crippen LogP contribution is -2.42. The zero-order valence-corrected chi connectivity index (χ0v) is 12.2. The smallest absolute Gasteiger partial charge is 0.148 e. The van der Waals surface area contributed by atoms with Crippen molar-refractivity contribution in [1.29, 1.82) is 0 Å². The number of benzene rings is 1. The number of hydrogen-bond donors (Lipinski definition) is 2. The second-order valence-electron chi connectivity index (χ2n) is 6.09. The first-order chi connectivity index (χ1) is 9.66. The molecule has 106 valence electrons. The Morgan fingerprint density at radius 2 is 2.00 bits per heavy atom. The molecule has 1 aliphatic rings. The largest absolute Gasteiger partial charge is 0.368 e. The average Bonchev–Trinajstić information content (AvgIpc) is 2.46. The predicted molar refractivity (Wildman–Crippen MR) is 83.0 cm³/mol. The third-order valence-electron chi connectivity index (χ3n) is 4.11. The maximum atomic E-state index is 4.70. The van der Waals surface area contributed by atoms with E-state index in [4.69, 9.17) is 4.98 Å². The molecular weight excluding hydrogens is 248 g/mol. The van der Waals surface area contributed by atoms with Gasteiger partial charge >= 0.3 is 0 Å². The lowest BCUT2D eigenvalue weighted by Gasteiger charge is -2.34. The maximum Gasteiger partial charge on any atom is 0.148 e. The summed E-state index contributed by atoms with van der Waals surface area (Å²) < 4.78 is 0. The number of rotatable bonds is 3. The minimum absolute atomic E-state index is 0.304. The molecule has 1 atom stereocenters. The number of anilines is 1. The Bertz CT molecular complexity index is 602. The minimum atomic E-state index is 0.304. The number of para-hydroxylation sites is 2. The number of aryl methyl sites for hydroxylation is 1. The molecule has 2 aromatic rings. The number of nitrogens with one attached hydrogen (secondary N) is 2. The van der Waals surface area contributed by atoms with Crippen LogP contribution < -0.4 is 10.6 Å². The van der Waals surface area contributed by atoms with Crippen LogP contribution in [0.2, 0.25) is 0 Å². The molecule has 4 nitrogen and oxygen atoms in total. The number of hydrogen-bond acceptors (Lipinski definition) is 4. The van der Waals surface area contributed by atoms with E-state index in [1.54, 1.807) is 0 Å². The fraction of sp³-hybridized carbons (Fsp3) is 0.500. The first kappa shape index (κ1) is 13.3. The first-order valence-corrected chi connectivity index (χ1v) is 7.34. The molecule has 1 aromatic heterocycles. The van der Waals surface area contributed by atoms with Gasteiger partial charge < -0.3 is 10.6 Å². The fourth-order valence-electron chi connectivity index (χ4n) is 2.82. The molecule has 0 amide bonds. The minimum Gasteiger partial charge on any atom is -0.368 e. The summed E-state index contributed by atoms with van der Waals surface area (Å²) in [7, 11) is 0. The molecule has 1 saturated heterocycles. The van der Waals surface area contributed by atoms with E-state index in [1.807, 2.05) is 31.2 Å². The van der Waals surface area contributed by atoms with Gasteiger partial charge in [-0.15, -0.1) is 0 Å². The van der Waals surface area contributed by atoms with Crippen LogP contribution in [0.5, 0.6) is 0 Å². The van der Waals surface area contributed by atoms with E-state index >= 15 is 0 Å². The van der Waals surface area contributed by atoms with Crippen molar-refractivity contribution in [3.05, 3.63) is 30.0 Å². The highest BCUT2D eigenvalue weighted by Crippen LogP contribution is 2.26. The molecule has 4 heteroatoms. The van der Waals surface area contributed by atoms with Crippen molar-refractivity contribution >= 4 is 16.9 Å². The molecule has 1 aromatic carbocycles. The predicted octanol–water partition coefficient (Wildman–Crippen LogP) is 2.74. The van der Waals surface area contributed by atoms with Crippen LogP contribution in [0.25, 0.3) is 11.0 Å². The van der Waals surface area contributed by atoms with Gasteiger partial charge in [0.1, 0.15) is 5.82 Å². The van der Waals surface area contributed by atoms with E-state index in [0.29, 0.717) is 5.41 Å². The Hall–Kier alpha value is -1.68. The summed E-state index contributed by atoms with van der Waals surface area (Å²) in [4.78, 5) is 9.32. The summed E-state index contributed by atoms with van der Waals surface area (Å²) in [6, 6.07) is 8.02. The normalized spacial score (nSPS) is 22.9. The molecule has 1 aliphatic heterocycles. The van der Waals surface area contributed by atoms with Crippen molar-refractivity contribution in [3.63, 3.8) is 0 Å². The van der Waals surface area contributed by atoms with Crippen molar-refractivity contribution in [2.24, 2.45) is 5.41 Å². The van der Waals surface area contributed by atoms with E-state index in [0.717, 1.165) is 42.2 Å².